The highest BCUT2D eigenvalue weighted by Gasteiger charge is 2.19. The number of anilines is 1. The molecule has 1 amide bonds. The van der Waals surface area contributed by atoms with E-state index in [0.717, 1.165) is 10.4 Å². The number of hydrogen-bond donors (Lipinski definition) is 1. The molecule has 0 unspecified atom stereocenters. The van der Waals surface area contributed by atoms with Crippen LogP contribution in [0.15, 0.2) is 71.5 Å². The zero-order valence-corrected chi connectivity index (χ0v) is 18.7. The van der Waals surface area contributed by atoms with E-state index in [4.69, 9.17) is 4.74 Å². The minimum absolute atomic E-state index is 0.0789. The third kappa shape index (κ3) is 4.45. The molecule has 2 heterocycles. The van der Waals surface area contributed by atoms with Gasteiger partial charge in [-0.3, -0.25) is 14.9 Å². The fraction of sp³-hybridized carbons (Fsp3) is 0.167. The summed E-state index contributed by atoms with van der Waals surface area (Å²) < 4.78 is 6.59. The molecule has 0 aliphatic carbocycles. The number of rotatable bonds is 6. The van der Waals surface area contributed by atoms with Crippen LogP contribution in [0.3, 0.4) is 0 Å². The van der Waals surface area contributed by atoms with Crippen molar-refractivity contribution in [3.05, 3.63) is 82.6 Å². The van der Waals surface area contributed by atoms with Crippen molar-refractivity contribution < 1.29 is 9.53 Å². The molecule has 4 aromatic rings. The molecule has 162 valence electrons. The number of carbonyl (C=O) groups is 1. The normalized spacial score (nSPS) is 10.9. The highest BCUT2D eigenvalue weighted by atomic mass is 32.1. The van der Waals surface area contributed by atoms with Crippen molar-refractivity contribution in [2.75, 3.05) is 12.4 Å². The number of aromatic nitrogens is 3. The number of nitrogens with zero attached hydrogens (tertiary/aromatic N) is 3. The summed E-state index contributed by atoms with van der Waals surface area (Å²) in [6.07, 6.45) is 0. The van der Waals surface area contributed by atoms with Crippen LogP contribution in [0.25, 0.3) is 21.8 Å². The van der Waals surface area contributed by atoms with Crippen LogP contribution in [0.2, 0.25) is 0 Å². The van der Waals surface area contributed by atoms with Crippen LogP contribution in [0.1, 0.15) is 30.2 Å². The van der Waals surface area contributed by atoms with Crippen molar-refractivity contribution in [1.82, 2.24) is 14.8 Å². The van der Waals surface area contributed by atoms with Crippen LogP contribution in [-0.4, -0.2) is 27.8 Å². The van der Waals surface area contributed by atoms with Gasteiger partial charge in [-0.15, -0.1) is 0 Å². The van der Waals surface area contributed by atoms with Gasteiger partial charge in [0.1, 0.15) is 11.4 Å². The molecule has 0 saturated carbocycles. The lowest BCUT2D eigenvalue weighted by atomic mass is 10.1. The smallest absolute Gasteiger partial charge is 0.267 e. The van der Waals surface area contributed by atoms with Gasteiger partial charge in [-0.05, 0) is 44.2 Å². The van der Waals surface area contributed by atoms with Crippen molar-refractivity contribution >= 4 is 22.4 Å². The van der Waals surface area contributed by atoms with Crippen molar-refractivity contribution in [2.45, 2.75) is 19.9 Å². The maximum atomic E-state index is 12.7. The van der Waals surface area contributed by atoms with Crippen molar-refractivity contribution in [2.24, 2.45) is 0 Å². The van der Waals surface area contributed by atoms with Crippen LogP contribution >= 0.6 is 11.3 Å². The number of amides is 1. The Morgan fingerprint density at radius 2 is 1.75 bits per heavy atom. The summed E-state index contributed by atoms with van der Waals surface area (Å²) in [6, 6.07) is 19.7. The van der Waals surface area contributed by atoms with E-state index in [1.54, 1.807) is 37.4 Å². The van der Waals surface area contributed by atoms with E-state index in [9.17, 15) is 9.59 Å². The average molecular weight is 447 g/mol. The Morgan fingerprint density at radius 3 is 2.41 bits per heavy atom. The summed E-state index contributed by atoms with van der Waals surface area (Å²) in [4.78, 5) is 30.4. The van der Waals surface area contributed by atoms with Gasteiger partial charge in [0.05, 0.1) is 23.7 Å². The van der Waals surface area contributed by atoms with E-state index >= 15 is 0 Å². The first-order valence-electron chi connectivity index (χ1n) is 10.1. The zero-order valence-electron chi connectivity index (χ0n) is 17.9. The SMILES string of the molecule is COc1ccc(C(=O)Nc2nc(-c3ccccc3)c(-c3ccc(=O)n(C(C)C)n3)s2)cc1. The Morgan fingerprint density at radius 1 is 1.03 bits per heavy atom. The molecule has 0 atom stereocenters. The van der Waals surface area contributed by atoms with Crippen LogP contribution in [0, 0.1) is 0 Å². The molecule has 0 radical (unpaired) electrons. The summed E-state index contributed by atoms with van der Waals surface area (Å²) in [7, 11) is 1.58. The molecule has 1 N–H and O–H groups in total. The third-order valence-corrected chi connectivity index (χ3v) is 5.79. The number of thiazole rings is 1. The molecule has 7 nitrogen and oxygen atoms in total. The second-order valence-electron chi connectivity index (χ2n) is 7.34. The molecule has 0 aliphatic heterocycles. The summed E-state index contributed by atoms with van der Waals surface area (Å²) in [6.45, 7) is 3.81. The lowest BCUT2D eigenvalue weighted by Crippen LogP contribution is -2.23. The third-order valence-electron chi connectivity index (χ3n) is 4.79. The van der Waals surface area contributed by atoms with Gasteiger partial charge in [0.15, 0.2) is 5.13 Å². The summed E-state index contributed by atoms with van der Waals surface area (Å²) in [5, 5.41) is 7.87. The molecule has 0 bridgehead atoms. The molecule has 0 saturated heterocycles. The van der Waals surface area contributed by atoms with Crippen LogP contribution in [0.4, 0.5) is 5.13 Å². The topological polar surface area (TPSA) is 86.1 Å². The molecule has 0 aliphatic rings. The van der Waals surface area contributed by atoms with Crippen LogP contribution in [-0.2, 0) is 0 Å². The molecule has 32 heavy (non-hydrogen) atoms. The summed E-state index contributed by atoms with van der Waals surface area (Å²) >= 11 is 1.32. The molecule has 2 aromatic carbocycles. The standard InChI is InChI=1S/C24H22N4O3S/c1-15(2)28-20(29)14-13-19(27-28)22-21(16-7-5-4-6-8-16)25-24(32-22)26-23(30)17-9-11-18(31-3)12-10-17/h4-15H,1-3H3,(H,25,26,30). The van der Waals surface area contributed by atoms with E-state index in [-0.39, 0.29) is 17.5 Å². The van der Waals surface area contributed by atoms with E-state index in [2.05, 4.69) is 15.4 Å². The minimum Gasteiger partial charge on any atom is -0.497 e. The monoisotopic (exact) mass is 446 g/mol. The molecular formula is C24H22N4O3S. The highest BCUT2D eigenvalue weighted by molar-refractivity contribution is 7.19. The van der Waals surface area contributed by atoms with Crippen LogP contribution in [0.5, 0.6) is 5.75 Å². The Labute approximate surface area is 189 Å². The second kappa shape index (κ2) is 9.15. The fourth-order valence-electron chi connectivity index (χ4n) is 3.17. The number of benzene rings is 2. The van der Waals surface area contributed by atoms with Crippen molar-refractivity contribution in [3.63, 3.8) is 0 Å². The first-order valence-corrected chi connectivity index (χ1v) is 10.9. The maximum absolute atomic E-state index is 12.7. The van der Waals surface area contributed by atoms with E-state index < -0.39 is 0 Å². The number of carbonyl (C=O) groups excluding carboxylic acids is 1. The first-order chi connectivity index (χ1) is 15.5. The van der Waals surface area contributed by atoms with Gasteiger partial charge in [0.2, 0.25) is 0 Å². The molecule has 0 fully saturated rings. The largest absolute Gasteiger partial charge is 0.497 e. The number of ether oxygens (including phenoxy) is 1. The Hall–Kier alpha value is -3.78. The predicted molar refractivity (Wildman–Crippen MR) is 126 cm³/mol. The van der Waals surface area contributed by atoms with Gasteiger partial charge in [0, 0.05) is 17.2 Å². The van der Waals surface area contributed by atoms with Crippen molar-refractivity contribution in [3.8, 4) is 27.6 Å². The van der Waals surface area contributed by atoms with Gasteiger partial charge >= 0.3 is 0 Å². The van der Waals surface area contributed by atoms with Gasteiger partial charge in [-0.1, -0.05) is 41.7 Å². The first kappa shape index (κ1) is 21.5. The molecule has 4 rings (SSSR count). The van der Waals surface area contributed by atoms with E-state index in [1.165, 1.54) is 22.1 Å². The van der Waals surface area contributed by atoms with Gasteiger partial charge < -0.3 is 4.74 Å². The Bertz CT molecular complexity index is 1300. The Balaban J connectivity index is 1.74. The average Bonchev–Trinajstić information content (AvgIpc) is 3.23. The lowest BCUT2D eigenvalue weighted by Gasteiger charge is -2.09. The van der Waals surface area contributed by atoms with E-state index in [0.29, 0.717) is 27.8 Å². The Kier molecular flexibility index (Phi) is 6.13. The maximum Gasteiger partial charge on any atom is 0.267 e. The van der Waals surface area contributed by atoms with Crippen molar-refractivity contribution in [1.29, 1.82) is 0 Å². The second-order valence-corrected chi connectivity index (χ2v) is 8.34. The number of methoxy groups -OCH3 is 1. The minimum atomic E-state index is -0.271. The predicted octanol–water partition coefficient (Wildman–Crippen LogP) is 4.88. The summed E-state index contributed by atoms with van der Waals surface area (Å²) in [5.74, 6) is 0.406. The zero-order chi connectivity index (χ0) is 22.7. The summed E-state index contributed by atoms with van der Waals surface area (Å²) in [5.41, 5.74) is 2.55. The number of nitrogens with one attached hydrogen (secondary N) is 1. The molecule has 0 spiro atoms. The molecular weight excluding hydrogens is 424 g/mol. The molecule has 2 aromatic heterocycles. The van der Waals surface area contributed by atoms with E-state index in [1.807, 2.05) is 44.2 Å². The fourth-order valence-corrected chi connectivity index (χ4v) is 4.11. The molecule has 8 heteroatoms. The highest BCUT2D eigenvalue weighted by Crippen LogP contribution is 2.38. The quantitative estimate of drug-likeness (QED) is 0.456. The van der Waals surface area contributed by atoms with Gasteiger partial charge in [-0.2, -0.15) is 5.10 Å². The van der Waals surface area contributed by atoms with Gasteiger partial charge in [0.25, 0.3) is 11.5 Å². The van der Waals surface area contributed by atoms with Gasteiger partial charge in [-0.25, -0.2) is 9.67 Å². The van der Waals surface area contributed by atoms with Crippen LogP contribution < -0.4 is 15.6 Å². The number of hydrogen-bond acceptors (Lipinski definition) is 6. The lowest BCUT2D eigenvalue weighted by molar-refractivity contribution is 0.102.